The summed E-state index contributed by atoms with van der Waals surface area (Å²) in [5.41, 5.74) is 7.21. The summed E-state index contributed by atoms with van der Waals surface area (Å²) >= 11 is 0. The van der Waals surface area contributed by atoms with Crippen LogP contribution in [0.5, 0.6) is 0 Å². The first-order chi connectivity index (χ1) is 8.38. The van der Waals surface area contributed by atoms with Gasteiger partial charge in [0, 0.05) is 24.8 Å². The maximum atomic E-state index is 5.93. The van der Waals surface area contributed by atoms with Crippen LogP contribution in [0.4, 0.5) is 0 Å². The van der Waals surface area contributed by atoms with Gasteiger partial charge in [0.15, 0.2) is 0 Å². The molecule has 17 heavy (non-hydrogen) atoms. The highest BCUT2D eigenvalue weighted by Gasteiger charge is 2.28. The molecule has 4 nitrogen and oxygen atoms in total. The molecule has 1 unspecified atom stereocenters. The number of hydrogen-bond acceptors (Lipinski definition) is 3. The summed E-state index contributed by atoms with van der Waals surface area (Å²) in [7, 11) is 0. The quantitative estimate of drug-likeness (QED) is 0.816. The summed E-state index contributed by atoms with van der Waals surface area (Å²) in [6.45, 7) is 0.662. The van der Waals surface area contributed by atoms with Crippen molar-refractivity contribution < 1.29 is 0 Å². The summed E-state index contributed by atoms with van der Waals surface area (Å²) in [5.74, 6) is 0. The minimum absolute atomic E-state index is 0.279. The van der Waals surface area contributed by atoms with Crippen LogP contribution in [0.3, 0.4) is 0 Å². The van der Waals surface area contributed by atoms with Crippen LogP contribution < -0.4 is 11.1 Å². The van der Waals surface area contributed by atoms with E-state index in [1.54, 1.807) is 0 Å². The SMILES string of the molecule is NCC(NC1CCCC1)c1cncn1C1CC1. The number of nitrogens with zero attached hydrogens (tertiary/aromatic N) is 2. The lowest BCUT2D eigenvalue weighted by Crippen LogP contribution is -2.36. The predicted molar refractivity (Wildman–Crippen MR) is 67.7 cm³/mol. The first kappa shape index (κ1) is 11.2. The monoisotopic (exact) mass is 234 g/mol. The van der Waals surface area contributed by atoms with Crippen LogP contribution in [0.2, 0.25) is 0 Å². The Morgan fingerprint density at radius 3 is 2.76 bits per heavy atom. The van der Waals surface area contributed by atoms with E-state index in [-0.39, 0.29) is 6.04 Å². The number of hydrogen-bond donors (Lipinski definition) is 2. The van der Waals surface area contributed by atoms with Gasteiger partial charge in [-0.05, 0) is 25.7 Å². The number of rotatable bonds is 5. The predicted octanol–water partition coefficient (Wildman–Crippen LogP) is 1.75. The molecule has 0 radical (unpaired) electrons. The van der Waals surface area contributed by atoms with Gasteiger partial charge in [-0.2, -0.15) is 0 Å². The molecule has 4 heteroatoms. The second-order valence-corrected chi connectivity index (χ2v) is 5.39. The third-order valence-corrected chi connectivity index (χ3v) is 4.02. The average molecular weight is 234 g/mol. The zero-order chi connectivity index (χ0) is 11.7. The van der Waals surface area contributed by atoms with Crippen LogP contribution in [0.25, 0.3) is 0 Å². The van der Waals surface area contributed by atoms with E-state index >= 15 is 0 Å². The molecular formula is C13H22N4. The van der Waals surface area contributed by atoms with Crippen LogP contribution in [0, 0.1) is 0 Å². The zero-order valence-corrected chi connectivity index (χ0v) is 10.3. The smallest absolute Gasteiger partial charge is 0.0951 e. The Morgan fingerprint density at radius 2 is 2.12 bits per heavy atom. The number of aromatic nitrogens is 2. The minimum Gasteiger partial charge on any atom is -0.330 e. The van der Waals surface area contributed by atoms with E-state index in [9.17, 15) is 0 Å². The second kappa shape index (κ2) is 4.78. The van der Waals surface area contributed by atoms with Crippen molar-refractivity contribution in [2.24, 2.45) is 5.73 Å². The van der Waals surface area contributed by atoms with Crippen molar-refractivity contribution in [3.63, 3.8) is 0 Å². The molecule has 0 spiro atoms. The molecule has 1 aromatic rings. The lowest BCUT2D eigenvalue weighted by Gasteiger charge is -2.22. The highest BCUT2D eigenvalue weighted by Crippen LogP contribution is 2.37. The fourth-order valence-corrected chi connectivity index (χ4v) is 2.89. The first-order valence-electron chi connectivity index (χ1n) is 6.86. The van der Waals surface area contributed by atoms with Gasteiger partial charge in [0.2, 0.25) is 0 Å². The Bertz CT molecular complexity index is 363. The van der Waals surface area contributed by atoms with Crippen LogP contribution in [0.15, 0.2) is 12.5 Å². The molecule has 0 aliphatic heterocycles. The highest BCUT2D eigenvalue weighted by molar-refractivity contribution is 5.10. The van der Waals surface area contributed by atoms with Gasteiger partial charge in [-0.15, -0.1) is 0 Å². The molecule has 3 N–H and O–H groups in total. The van der Waals surface area contributed by atoms with Crippen molar-refractivity contribution in [1.82, 2.24) is 14.9 Å². The number of nitrogens with two attached hydrogens (primary N) is 1. The Morgan fingerprint density at radius 1 is 1.35 bits per heavy atom. The fraction of sp³-hybridized carbons (Fsp3) is 0.769. The standard InChI is InChI=1S/C13H22N4/c14-7-12(16-10-3-1-2-4-10)13-8-15-9-17(13)11-5-6-11/h8-12,16H,1-7,14H2. The number of imidazole rings is 1. The molecule has 0 saturated heterocycles. The summed E-state index contributed by atoms with van der Waals surface area (Å²) in [6.07, 6.45) is 11.9. The topological polar surface area (TPSA) is 55.9 Å². The zero-order valence-electron chi connectivity index (χ0n) is 10.3. The third kappa shape index (κ3) is 2.38. The highest BCUT2D eigenvalue weighted by atomic mass is 15.1. The van der Waals surface area contributed by atoms with Gasteiger partial charge in [0.05, 0.1) is 18.1 Å². The van der Waals surface area contributed by atoms with Crippen molar-refractivity contribution in [1.29, 1.82) is 0 Å². The maximum absolute atomic E-state index is 5.93. The molecule has 0 aromatic carbocycles. The van der Waals surface area contributed by atoms with E-state index in [1.165, 1.54) is 44.2 Å². The molecule has 0 amide bonds. The normalized spacial score (nSPS) is 23.1. The molecule has 94 valence electrons. The van der Waals surface area contributed by atoms with E-state index in [0.717, 1.165) is 0 Å². The fourth-order valence-electron chi connectivity index (χ4n) is 2.89. The van der Waals surface area contributed by atoms with Gasteiger partial charge in [0.1, 0.15) is 0 Å². The first-order valence-corrected chi connectivity index (χ1v) is 6.86. The second-order valence-electron chi connectivity index (χ2n) is 5.39. The molecular weight excluding hydrogens is 212 g/mol. The van der Waals surface area contributed by atoms with Crippen molar-refractivity contribution in [2.45, 2.75) is 56.7 Å². The van der Waals surface area contributed by atoms with Gasteiger partial charge in [-0.3, -0.25) is 0 Å². The lowest BCUT2D eigenvalue weighted by molar-refractivity contribution is 0.426. The maximum Gasteiger partial charge on any atom is 0.0951 e. The molecule has 1 atom stereocenters. The van der Waals surface area contributed by atoms with E-state index in [2.05, 4.69) is 14.9 Å². The van der Waals surface area contributed by atoms with Crippen LogP contribution >= 0.6 is 0 Å². The van der Waals surface area contributed by atoms with Crippen molar-refractivity contribution >= 4 is 0 Å². The molecule has 2 fully saturated rings. The Kier molecular flexibility index (Phi) is 3.16. The van der Waals surface area contributed by atoms with Crippen LogP contribution in [0.1, 0.15) is 56.3 Å². The average Bonchev–Trinajstić information content (AvgIpc) is 2.88. The third-order valence-electron chi connectivity index (χ3n) is 4.02. The Labute approximate surface area is 103 Å². The van der Waals surface area contributed by atoms with Crippen LogP contribution in [-0.4, -0.2) is 22.1 Å². The molecule has 1 heterocycles. The number of nitrogens with one attached hydrogen (secondary N) is 1. The summed E-state index contributed by atoms with van der Waals surface area (Å²) < 4.78 is 2.32. The van der Waals surface area contributed by atoms with Gasteiger partial charge in [-0.25, -0.2) is 4.98 Å². The largest absolute Gasteiger partial charge is 0.330 e. The summed E-state index contributed by atoms with van der Waals surface area (Å²) in [6, 6.07) is 1.62. The van der Waals surface area contributed by atoms with Gasteiger partial charge in [-0.1, -0.05) is 12.8 Å². The Balaban J connectivity index is 1.71. The van der Waals surface area contributed by atoms with Crippen molar-refractivity contribution in [3.8, 4) is 0 Å². The van der Waals surface area contributed by atoms with Crippen LogP contribution in [-0.2, 0) is 0 Å². The van der Waals surface area contributed by atoms with E-state index < -0.39 is 0 Å². The molecule has 2 saturated carbocycles. The molecule has 1 aromatic heterocycles. The van der Waals surface area contributed by atoms with Crippen molar-refractivity contribution in [2.75, 3.05) is 6.54 Å². The van der Waals surface area contributed by atoms with Gasteiger partial charge in [0.25, 0.3) is 0 Å². The molecule has 2 aliphatic carbocycles. The summed E-state index contributed by atoms with van der Waals surface area (Å²) in [4.78, 5) is 4.29. The molecule has 2 aliphatic rings. The Hall–Kier alpha value is -0.870. The van der Waals surface area contributed by atoms with E-state index in [4.69, 9.17) is 5.73 Å². The summed E-state index contributed by atoms with van der Waals surface area (Å²) in [5, 5.41) is 3.71. The molecule has 0 bridgehead atoms. The van der Waals surface area contributed by atoms with Crippen molar-refractivity contribution in [3.05, 3.63) is 18.2 Å². The molecule has 3 rings (SSSR count). The minimum atomic E-state index is 0.279. The van der Waals surface area contributed by atoms with Gasteiger partial charge >= 0.3 is 0 Å². The van der Waals surface area contributed by atoms with Gasteiger partial charge < -0.3 is 15.6 Å². The van der Waals surface area contributed by atoms with E-state index in [1.807, 2.05) is 12.5 Å². The van der Waals surface area contributed by atoms with E-state index in [0.29, 0.717) is 18.6 Å². The lowest BCUT2D eigenvalue weighted by atomic mass is 10.1.